The predicted molar refractivity (Wildman–Crippen MR) is 67.8 cm³/mol. The molecule has 1 rings (SSSR count). The molecule has 0 aliphatic rings. The highest BCUT2D eigenvalue weighted by atomic mass is 16.5. The van der Waals surface area contributed by atoms with Crippen LogP contribution in [0.4, 0.5) is 0 Å². The molecule has 0 bridgehead atoms. The molecule has 18 heavy (non-hydrogen) atoms. The predicted octanol–water partition coefficient (Wildman–Crippen LogP) is 1.22. The third-order valence-electron chi connectivity index (χ3n) is 2.52. The van der Waals surface area contributed by atoms with E-state index in [-0.39, 0.29) is 12.5 Å². The van der Waals surface area contributed by atoms with Crippen LogP contribution in [-0.2, 0) is 4.79 Å². The number of aliphatic hydroxyl groups is 1. The van der Waals surface area contributed by atoms with Gasteiger partial charge in [-0.15, -0.1) is 0 Å². The Morgan fingerprint density at radius 1 is 1.39 bits per heavy atom. The van der Waals surface area contributed by atoms with Crippen molar-refractivity contribution in [2.75, 3.05) is 27.8 Å². The second-order valence-electron chi connectivity index (χ2n) is 4.16. The first-order valence-electron chi connectivity index (χ1n) is 5.64. The van der Waals surface area contributed by atoms with Gasteiger partial charge in [-0.3, -0.25) is 4.79 Å². The average molecular weight is 253 g/mol. The van der Waals surface area contributed by atoms with Crippen molar-refractivity contribution in [2.24, 2.45) is 0 Å². The number of aliphatic hydroxyl groups excluding tert-OH is 1. The lowest BCUT2D eigenvalue weighted by molar-refractivity contribution is -0.130. The first kappa shape index (κ1) is 14.3. The number of methoxy groups -OCH3 is 1. The molecular formula is C13H19NO4. The van der Waals surface area contributed by atoms with Crippen LogP contribution in [-0.4, -0.2) is 43.7 Å². The highest BCUT2D eigenvalue weighted by Crippen LogP contribution is 2.30. The van der Waals surface area contributed by atoms with Crippen LogP contribution in [0.3, 0.4) is 0 Å². The third kappa shape index (κ3) is 3.63. The number of nitrogens with zero attached hydrogens (tertiary/aromatic N) is 1. The van der Waals surface area contributed by atoms with Gasteiger partial charge in [0, 0.05) is 14.1 Å². The number of carbonyl (C=O) groups excluding carboxylic acids is 1. The molecule has 0 unspecified atom stereocenters. The van der Waals surface area contributed by atoms with E-state index in [1.54, 1.807) is 39.2 Å². The Balaban J connectivity index is 2.80. The molecule has 5 nitrogen and oxygen atoms in total. The largest absolute Gasteiger partial charge is 0.493 e. The van der Waals surface area contributed by atoms with Crippen LogP contribution in [0.25, 0.3) is 0 Å². The van der Waals surface area contributed by atoms with Crippen molar-refractivity contribution in [3.8, 4) is 11.5 Å². The van der Waals surface area contributed by atoms with Gasteiger partial charge in [0.15, 0.2) is 18.1 Å². The maximum Gasteiger partial charge on any atom is 0.259 e. The topological polar surface area (TPSA) is 59.0 Å². The highest BCUT2D eigenvalue weighted by molar-refractivity contribution is 5.77. The monoisotopic (exact) mass is 253 g/mol. The minimum atomic E-state index is -0.573. The van der Waals surface area contributed by atoms with Gasteiger partial charge in [-0.05, 0) is 24.6 Å². The van der Waals surface area contributed by atoms with E-state index in [0.29, 0.717) is 11.5 Å². The number of hydrogen-bond donors (Lipinski definition) is 1. The molecule has 1 atom stereocenters. The number of carbonyl (C=O) groups is 1. The van der Waals surface area contributed by atoms with E-state index < -0.39 is 6.10 Å². The van der Waals surface area contributed by atoms with Crippen molar-refractivity contribution in [1.82, 2.24) is 4.90 Å². The van der Waals surface area contributed by atoms with E-state index in [2.05, 4.69) is 0 Å². The van der Waals surface area contributed by atoms with Gasteiger partial charge in [0.2, 0.25) is 0 Å². The first-order chi connectivity index (χ1) is 8.45. The number of benzene rings is 1. The van der Waals surface area contributed by atoms with Gasteiger partial charge >= 0.3 is 0 Å². The average Bonchev–Trinajstić information content (AvgIpc) is 2.35. The van der Waals surface area contributed by atoms with Gasteiger partial charge in [0.1, 0.15) is 0 Å². The summed E-state index contributed by atoms with van der Waals surface area (Å²) in [6, 6.07) is 5.12. The minimum absolute atomic E-state index is 0.0443. The van der Waals surface area contributed by atoms with Crippen molar-refractivity contribution < 1.29 is 19.4 Å². The van der Waals surface area contributed by atoms with E-state index >= 15 is 0 Å². The highest BCUT2D eigenvalue weighted by Gasteiger charge is 2.11. The van der Waals surface area contributed by atoms with Crippen molar-refractivity contribution in [3.05, 3.63) is 23.8 Å². The zero-order valence-electron chi connectivity index (χ0n) is 11.1. The fourth-order valence-electron chi connectivity index (χ4n) is 1.33. The Morgan fingerprint density at radius 3 is 2.56 bits per heavy atom. The van der Waals surface area contributed by atoms with Gasteiger partial charge in [0.05, 0.1) is 13.2 Å². The zero-order valence-corrected chi connectivity index (χ0v) is 11.1. The molecular weight excluding hydrogens is 234 g/mol. The molecule has 0 heterocycles. The summed E-state index contributed by atoms with van der Waals surface area (Å²) in [5.41, 5.74) is 0.734. The molecule has 0 aliphatic heterocycles. The normalized spacial score (nSPS) is 11.8. The van der Waals surface area contributed by atoms with Gasteiger partial charge in [0.25, 0.3) is 5.91 Å². The molecule has 0 saturated heterocycles. The minimum Gasteiger partial charge on any atom is -0.493 e. The van der Waals surface area contributed by atoms with Crippen LogP contribution in [0.5, 0.6) is 11.5 Å². The second kappa shape index (κ2) is 6.26. The number of rotatable bonds is 5. The third-order valence-corrected chi connectivity index (χ3v) is 2.52. The van der Waals surface area contributed by atoms with Crippen LogP contribution in [0, 0.1) is 0 Å². The van der Waals surface area contributed by atoms with Crippen molar-refractivity contribution >= 4 is 5.91 Å². The SMILES string of the molecule is COc1cc([C@H](C)O)ccc1OCC(=O)N(C)C. The fraction of sp³-hybridized carbons (Fsp3) is 0.462. The Bertz CT molecular complexity index is 415. The zero-order chi connectivity index (χ0) is 13.7. The summed E-state index contributed by atoms with van der Waals surface area (Å²) in [5, 5.41) is 9.47. The first-order valence-corrected chi connectivity index (χ1v) is 5.64. The Kier molecular flexibility index (Phi) is 4.97. The summed E-state index contributed by atoms with van der Waals surface area (Å²) in [7, 11) is 4.85. The summed E-state index contributed by atoms with van der Waals surface area (Å²) in [4.78, 5) is 12.9. The summed E-state index contributed by atoms with van der Waals surface area (Å²) < 4.78 is 10.6. The van der Waals surface area contributed by atoms with E-state index in [0.717, 1.165) is 5.56 Å². The number of ether oxygens (including phenoxy) is 2. The molecule has 0 saturated carbocycles. The summed E-state index contributed by atoms with van der Waals surface area (Å²) in [6.45, 7) is 1.63. The molecule has 100 valence electrons. The maximum absolute atomic E-state index is 11.4. The molecule has 0 aromatic heterocycles. The number of likely N-dealkylation sites (N-methyl/N-ethyl adjacent to an activating group) is 1. The molecule has 0 spiro atoms. The summed E-state index contributed by atoms with van der Waals surface area (Å²) >= 11 is 0. The summed E-state index contributed by atoms with van der Waals surface area (Å²) in [6.07, 6.45) is -0.573. The molecule has 0 aliphatic carbocycles. The van der Waals surface area contributed by atoms with Crippen LogP contribution in [0.15, 0.2) is 18.2 Å². The van der Waals surface area contributed by atoms with E-state index in [1.165, 1.54) is 12.0 Å². The van der Waals surface area contributed by atoms with E-state index in [9.17, 15) is 9.90 Å². The maximum atomic E-state index is 11.4. The Labute approximate surface area is 107 Å². The standard InChI is InChI=1S/C13H19NO4/c1-9(15)10-5-6-11(12(7-10)17-4)18-8-13(16)14(2)3/h5-7,9,15H,8H2,1-4H3/t9-/m0/s1. The smallest absolute Gasteiger partial charge is 0.259 e. The van der Waals surface area contributed by atoms with Crippen LogP contribution >= 0.6 is 0 Å². The Morgan fingerprint density at radius 2 is 2.06 bits per heavy atom. The van der Waals surface area contributed by atoms with Crippen LogP contribution in [0.2, 0.25) is 0 Å². The van der Waals surface area contributed by atoms with Crippen molar-refractivity contribution in [3.63, 3.8) is 0 Å². The molecule has 0 fully saturated rings. The summed E-state index contributed by atoms with van der Waals surface area (Å²) in [5.74, 6) is 0.855. The Hall–Kier alpha value is -1.75. The molecule has 1 aromatic carbocycles. The van der Waals surface area contributed by atoms with Crippen LogP contribution in [0.1, 0.15) is 18.6 Å². The quantitative estimate of drug-likeness (QED) is 0.857. The van der Waals surface area contributed by atoms with Crippen LogP contribution < -0.4 is 9.47 Å². The molecule has 0 radical (unpaired) electrons. The van der Waals surface area contributed by atoms with Crippen molar-refractivity contribution in [2.45, 2.75) is 13.0 Å². The molecule has 1 aromatic rings. The van der Waals surface area contributed by atoms with Gasteiger partial charge < -0.3 is 19.5 Å². The number of hydrogen-bond acceptors (Lipinski definition) is 4. The molecule has 1 amide bonds. The van der Waals surface area contributed by atoms with Gasteiger partial charge in [-0.1, -0.05) is 6.07 Å². The lowest BCUT2D eigenvalue weighted by Gasteiger charge is -2.14. The fourth-order valence-corrected chi connectivity index (χ4v) is 1.33. The second-order valence-corrected chi connectivity index (χ2v) is 4.16. The van der Waals surface area contributed by atoms with Gasteiger partial charge in [-0.25, -0.2) is 0 Å². The van der Waals surface area contributed by atoms with Gasteiger partial charge in [-0.2, -0.15) is 0 Å². The lowest BCUT2D eigenvalue weighted by Crippen LogP contribution is -2.27. The molecule has 1 N–H and O–H groups in total. The lowest BCUT2D eigenvalue weighted by atomic mass is 10.1. The van der Waals surface area contributed by atoms with E-state index in [4.69, 9.17) is 9.47 Å². The van der Waals surface area contributed by atoms with Crippen molar-refractivity contribution in [1.29, 1.82) is 0 Å². The molecule has 5 heteroatoms. The van der Waals surface area contributed by atoms with E-state index in [1.807, 2.05) is 0 Å². The number of amides is 1.